The van der Waals surface area contributed by atoms with Crippen LogP contribution in [0.4, 0.5) is 0 Å². The van der Waals surface area contributed by atoms with Crippen molar-refractivity contribution in [3.8, 4) is 0 Å². The first-order valence-corrected chi connectivity index (χ1v) is 13.9. The van der Waals surface area contributed by atoms with Crippen LogP contribution >= 0.6 is 0 Å². The summed E-state index contributed by atoms with van der Waals surface area (Å²) in [4.78, 5) is 25.6. The van der Waals surface area contributed by atoms with Crippen LogP contribution in [-0.4, -0.2) is 30.2 Å². The summed E-state index contributed by atoms with van der Waals surface area (Å²) < 4.78 is 2.19. The third-order valence-corrected chi connectivity index (χ3v) is 7.92. The summed E-state index contributed by atoms with van der Waals surface area (Å²) in [5, 5.41) is 14.1. The van der Waals surface area contributed by atoms with Crippen molar-refractivity contribution in [2.75, 3.05) is 0 Å². The molecule has 0 aliphatic heterocycles. The van der Waals surface area contributed by atoms with Gasteiger partial charge in [-0.1, -0.05) is 56.7 Å². The second-order valence-electron chi connectivity index (χ2n) is 10.2. The Morgan fingerprint density at radius 3 is 2.40 bits per heavy atom. The molecule has 1 radical (unpaired) electrons. The molecule has 6 rings (SSSR count). The summed E-state index contributed by atoms with van der Waals surface area (Å²) in [5.74, 6) is 0.547. The predicted octanol–water partition coefficient (Wildman–Crippen LogP) is 8.15. The summed E-state index contributed by atoms with van der Waals surface area (Å²) in [6.45, 7) is 10.1. The first-order chi connectivity index (χ1) is 18.9. The van der Waals surface area contributed by atoms with E-state index in [2.05, 4.69) is 50.8 Å². The smallest absolute Gasteiger partial charge is 0.162 e. The number of nitrogens with zero attached hydrogens (tertiary/aromatic N) is 4. The maximum Gasteiger partial charge on any atom is 0.162 e. The van der Waals surface area contributed by atoms with Crippen molar-refractivity contribution in [1.29, 1.82) is 0 Å². The van der Waals surface area contributed by atoms with Gasteiger partial charge >= 0.3 is 0 Å². The summed E-state index contributed by atoms with van der Waals surface area (Å²) in [5.41, 5.74) is 5.95. The molecule has 0 spiro atoms. The first-order valence-electron chi connectivity index (χ1n) is 13.9. The zero-order chi connectivity index (χ0) is 27.7. The molecule has 0 unspecified atom stereocenters. The molecule has 1 N–H and O–H groups in total. The van der Waals surface area contributed by atoms with Gasteiger partial charge in [0.05, 0.1) is 28.0 Å². The van der Waals surface area contributed by atoms with Crippen LogP contribution in [0, 0.1) is 24.8 Å². The van der Waals surface area contributed by atoms with E-state index >= 15 is 0 Å². The van der Waals surface area contributed by atoms with E-state index in [1.54, 1.807) is 6.33 Å². The van der Waals surface area contributed by atoms with Crippen molar-refractivity contribution in [2.45, 2.75) is 60.3 Å². The molecule has 0 atom stereocenters. The van der Waals surface area contributed by atoms with E-state index in [0.29, 0.717) is 0 Å². The van der Waals surface area contributed by atoms with Crippen molar-refractivity contribution in [3.63, 3.8) is 0 Å². The molecule has 2 aromatic carbocycles. The van der Waals surface area contributed by atoms with Crippen LogP contribution < -0.4 is 0 Å². The molecule has 209 valence electrons. The van der Waals surface area contributed by atoms with Crippen molar-refractivity contribution in [1.82, 2.24) is 19.4 Å². The van der Waals surface area contributed by atoms with Gasteiger partial charge in [0.2, 0.25) is 0 Å². The van der Waals surface area contributed by atoms with Crippen molar-refractivity contribution in [2.24, 2.45) is 11.8 Å². The normalized spacial score (nSPS) is 12.1. The van der Waals surface area contributed by atoms with Crippen LogP contribution in [0.3, 0.4) is 0 Å². The van der Waals surface area contributed by atoms with Crippen LogP contribution in [0.1, 0.15) is 59.1 Å². The molecular weight excluding hydrogens is 677 g/mol. The first kappa shape index (κ1) is 29.6. The van der Waals surface area contributed by atoms with Gasteiger partial charge in [-0.15, -0.1) is 23.6 Å². The zero-order valence-corrected chi connectivity index (χ0v) is 26.1. The fourth-order valence-corrected chi connectivity index (χ4v) is 5.53. The minimum Gasteiger partial charge on any atom is -0.512 e. The Morgan fingerprint density at radius 1 is 1.00 bits per heavy atom. The third kappa shape index (κ3) is 5.20. The summed E-state index contributed by atoms with van der Waals surface area (Å²) in [6, 6.07) is 18.2. The number of rotatable bonds is 7. The number of hydrogen-bond donors (Lipinski definition) is 1. The molecule has 0 saturated heterocycles. The van der Waals surface area contributed by atoms with Crippen LogP contribution in [0.25, 0.3) is 49.3 Å². The molecule has 40 heavy (non-hydrogen) atoms. The Kier molecular flexibility index (Phi) is 9.17. The molecule has 4 heterocycles. The van der Waals surface area contributed by atoms with E-state index < -0.39 is 0 Å². The molecule has 4 aromatic heterocycles. The number of aliphatic hydroxyl groups is 1. The largest absolute Gasteiger partial charge is 0.512 e. The number of carbonyl (C=O) groups is 1. The van der Waals surface area contributed by atoms with E-state index in [0.717, 1.165) is 80.6 Å². The fourth-order valence-electron chi connectivity index (χ4n) is 5.53. The second-order valence-corrected chi connectivity index (χ2v) is 10.2. The number of aliphatic hydroxyl groups excluding tert-OH is 1. The minimum absolute atomic E-state index is 0. The Balaban J connectivity index is 0.000000204. The van der Waals surface area contributed by atoms with Crippen LogP contribution in [-0.2, 0) is 24.9 Å². The van der Waals surface area contributed by atoms with Gasteiger partial charge in [-0.3, -0.25) is 9.78 Å². The Labute approximate surface area is 248 Å². The number of imidazole rings is 1. The van der Waals surface area contributed by atoms with Gasteiger partial charge < -0.3 is 9.51 Å². The topological polar surface area (TPSA) is 80.4 Å². The number of aryl methyl sites for hydroxylation is 1. The van der Waals surface area contributed by atoms with E-state index in [9.17, 15) is 9.90 Å². The maximum atomic E-state index is 11.7. The van der Waals surface area contributed by atoms with E-state index in [1.165, 1.54) is 6.08 Å². The van der Waals surface area contributed by atoms with Gasteiger partial charge in [-0.2, -0.15) is 0 Å². The molecule has 0 fully saturated rings. The molecule has 0 amide bonds. The second kappa shape index (κ2) is 12.4. The van der Waals surface area contributed by atoms with Gasteiger partial charge in [0.25, 0.3) is 0 Å². The van der Waals surface area contributed by atoms with Gasteiger partial charge in [-0.05, 0) is 50.1 Å². The van der Waals surface area contributed by atoms with E-state index in [4.69, 9.17) is 4.98 Å². The average Bonchev–Trinajstić information content (AvgIpc) is 3.30. The van der Waals surface area contributed by atoms with Crippen molar-refractivity contribution >= 4 is 55.0 Å². The van der Waals surface area contributed by atoms with Crippen LogP contribution in [0.15, 0.2) is 60.6 Å². The third-order valence-electron chi connectivity index (χ3n) is 7.92. The standard InChI is InChI=1S/C20H11N4.C13H24O2.Ir/c1-11-17-7-6-16-19-18(22-10-21-16)14-8-12-4-2-3-5-13(12)9-15(14)20(23-11)24(17)19;1-5-10(6-2)12(14)9-13(15)11(7-3)8-4;/h2-7,9-10H,1H3;9-11,14H,5-8H2,1-4H3;/q-1;;/b;12-9-;. The molecule has 0 bridgehead atoms. The van der Waals surface area contributed by atoms with Gasteiger partial charge in [-0.25, -0.2) is 9.97 Å². The number of hydrogen-bond acceptors (Lipinski definition) is 5. The van der Waals surface area contributed by atoms with Crippen molar-refractivity contribution in [3.05, 3.63) is 72.4 Å². The number of pyridine rings is 2. The summed E-state index contributed by atoms with van der Waals surface area (Å²) >= 11 is 0. The predicted molar refractivity (Wildman–Crippen MR) is 159 cm³/mol. The van der Waals surface area contributed by atoms with E-state index in [1.807, 2.05) is 46.8 Å². The molecule has 6 nitrogen and oxygen atoms in total. The summed E-state index contributed by atoms with van der Waals surface area (Å²) in [6.07, 6.45) is 6.54. The minimum atomic E-state index is 0. The monoisotopic (exact) mass is 712 g/mol. The molecule has 7 heteroatoms. The number of ketones is 1. The van der Waals surface area contributed by atoms with Gasteiger partial charge in [0.1, 0.15) is 12.0 Å². The molecular formula is C33H35IrN4O2-. The SMILES string of the molecule is CCC(CC)C(=O)/C=C(\O)C(CC)CC.Cc1nc2c3cc4ccccc4[c-]c3c3ncnc4ccc1n2c43.[Ir]. The van der Waals surface area contributed by atoms with Gasteiger partial charge in [0, 0.05) is 43.5 Å². The number of benzene rings is 2. The number of aromatic nitrogens is 4. The molecule has 0 aliphatic rings. The Hall–Kier alpha value is -3.41. The van der Waals surface area contributed by atoms with Crippen molar-refractivity contribution < 1.29 is 30.0 Å². The molecule has 0 saturated carbocycles. The average molecular weight is 712 g/mol. The maximum absolute atomic E-state index is 11.7. The fraction of sp³-hybridized carbons (Fsp3) is 0.333. The Bertz CT molecular complexity index is 1820. The van der Waals surface area contributed by atoms with Crippen LogP contribution in [0.2, 0.25) is 0 Å². The van der Waals surface area contributed by atoms with E-state index in [-0.39, 0.29) is 43.5 Å². The number of carbonyl (C=O) groups excluding carboxylic acids is 1. The Morgan fingerprint density at radius 2 is 1.70 bits per heavy atom. The number of allylic oxidation sites excluding steroid dienone is 2. The number of fused-ring (bicyclic) bond motifs is 4. The zero-order valence-electron chi connectivity index (χ0n) is 23.7. The molecule has 6 aromatic rings. The quantitative estimate of drug-likeness (QED) is 0.0595. The molecule has 0 aliphatic carbocycles. The van der Waals surface area contributed by atoms with Crippen LogP contribution in [0.5, 0.6) is 0 Å². The summed E-state index contributed by atoms with van der Waals surface area (Å²) in [7, 11) is 0. The van der Waals surface area contributed by atoms with Gasteiger partial charge in [0.15, 0.2) is 5.78 Å².